The van der Waals surface area contributed by atoms with Crippen molar-refractivity contribution < 1.29 is 0 Å². The minimum absolute atomic E-state index is 0.00579. The number of hydrogen-bond donors (Lipinski definition) is 2. The first-order valence-electron chi connectivity index (χ1n) is 7.42. The van der Waals surface area contributed by atoms with Crippen LogP contribution in [0.2, 0.25) is 0 Å². The topological polar surface area (TPSA) is 67.0 Å². The third kappa shape index (κ3) is 3.07. The van der Waals surface area contributed by atoms with Gasteiger partial charge in [0.25, 0.3) is 0 Å². The first kappa shape index (κ1) is 14.8. The van der Waals surface area contributed by atoms with Crippen molar-refractivity contribution in [1.29, 1.82) is 0 Å². The van der Waals surface area contributed by atoms with Gasteiger partial charge in [-0.3, -0.25) is 4.57 Å². The van der Waals surface area contributed by atoms with Crippen LogP contribution in [0.4, 0.5) is 0 Å². The predicted molar refractivity (Wildman–Crippen MR) is 88.6 cm³/mol. The van der Waals surface area contributed by atoms with E-state index in [2.05, 4.69) is 25.8 Å². The Morgan fingerprint density at radius 3 is 2.81 bits per heavy atom. The molecule has 0 bridgehead atoms. The highest BCUT2D eigenvalue weighted by atomic mass is 79.9. The second kappa shape index (κ2) is 5.94. The quantitative estimate of drug-likeness (QED) is 0.888. The molecule has 0 amide bonds. The molecule has 0 radical (unpaired) electrons. The van der Waals surface area contributed by atoms with Gasteiger partial charge in [-0.15, -0.1) is 0 Å². The summed E-state index contributed by atoms with van der Waals surface area (Å²) in [5.74, 6) is 0. The Bertz CT molecular complexity index is 683. The van der Waals surface area contributed by atoms with E-state index < -0.39 is 0 Å². The number of likely N-dealkylation sites (tertiary alicyclic amines) is 1. The van der Waals surface area contributed by atoms with E-state index in [0.29, 0.717) is 0 Å². The van der Waals surface area contributed by atoms with Gasteiger partial charge in [-0.05, 0) is 38.0 Å². The van der Waals surface area contributed by atoms with E-state index >= 15 is 0 Å². The largest absolute Gasteiger partial charge is 0.327 e. The number of piperidine rings is 1. The number of rotatable bonds is 3. The molecule has 2 heterocycles. The van der Waals surface area contributed by atoms with E-state index in [1.807, 2.05) is 29.7 Å². The number of benzene rings is 1. The number of H-pyrrole nitrogens is 1. The third-order valence-electron chi connectivity index (χ3n) is 4.15. The van der Waals surface area contributed by atoms with Gasteiger partial charge < -0.3 is 15.6 Å². The fourth-order valence-electron chi connectivity index (χ4n) is 3.23. The van der Waals surface area contributed by atoms with Crippen molar-refractivity contribution in [3.63, 3.8) is 0 Å². The number of aromatic amines is 1. The Kier molecular flexibility index (Phi) is 4.19. The average molecular weight is 353 g/mol. The summed E-state index contributed by atoms with van der Waals surface area (Å²) < 4.78 is 2.90. The lowest BCUT2D eigenvalue weighted by molar-refractivity contribution is 0.180. The average Bonchev–Trinajstić information content (AvgIpc) is 2.74. The van der Waals surface area contributed by atoms with Crippen LogP contribution in [0.5, 0.6) is 0 Å². The maximum atomic E-state index is 12.3. The first-order chi connectivity index (χ1) is 10.0. The number of nitrogens with zero attached hydrogens (tertiary/aromatic N) is 2. The van der Waals surface area contributed by atoms with E-state index in [-0.39, 0.29) is 17.8 Å². The van der Waals surface area contributed by atoms with Crippen molar-refractivity contribution in [1.82, 2.24) is 14.5 Å². The number of halogens is 1. The molecule has 1 aliphatic heterocycles. The van der Waals surface area contributed by atoms with Gasteiger partial charge in [0.15, 0.2) is 0 Å². The molecule has 3 rings (SSSR count). The monoisotopic (exact) mass is 352 g/mol. The summed E-state index contributed by atoms with van der Waals surface area (Å²) in [7, 11) is 0. The van der Waals surface area contributed by atoms with Crippen molar-refractivity contribution in [2.75, 3.05) is 19.6 Å². The molecule has 5 nitrogen and oxygen atoms in total. The van der Waals surface area contributed by atoms with Gasteiger partial charge in [0.2, 0.25) is 0 Å². The lowest BCUT2D eigenvalue weighted by Crippen LogP contribution is -2.42. The maximum Gasteiger partial charge on any atom is 0.326 e. The maximum absolute atomic E-state index is 12.3. The highest BCUT2D eigenvalue weighted by Crippen LogP contribution is 2.26. The number of nitrogens with two attached hydrogens (primary N) is 1. The molecular weight excluding hydrogens is 332 g/mol. The molecule has 114 valence electrons. The molecule has 1 aliphatic rings. The fraction of sp³-hybridized carbons (Fsp3) is 0.533. The number of aromatic nitrogens is 2. The Hall–Kier alpha value is -1.11. The predicted octanol–water partition coefficient (Wildman–Crippen LogP) is 2.08. The molecule has 6 heteroatoms. The van der Waals surface area contributed by atoms with Crippen LogP contribution in [0.15, 0.2) is 27.5 Å². The van der Waals surface area contributed by atoms with Crippen LogP contribution in [-0.4, -0.2) is 40.1 Å². The summed E-state index contributed by atoms with van der Waals surface area (Å²) in [5.41, 5.74) is 7.74. The minimum Gasteiger partial charge on any atom is -0.327 e. The molecule has 1 aromatic carbocycles. The smallest absolute Gasteiger partial charge is 0.326 e. The summed E-state index contributed by atoms with van der Waals surface area (Å²) in [5, 5.41) is 0. The van der Waals surface area contributed by atoms with E-state index in [1.54, 1.807) is 0 Å². The molecule has 0 saturated carbocycles. The van der Waals surface area contributed by atoms with Gasteiger partial charge in [-0.25, -0.2) is 4.79 Å². The lowest BCUT2D eigenvalue weighted by atomic mass is 10.0. The molecule has 0 aliphatic carbocycles. The Labute approximate surface area is 132 Å². The van der Waals surface area contributed by atoms with Gasteiger partial charge in [-0.1, -0.05) is 15.9 Å². The second-order valence-corrected chi connectivity index (χ2v) is 6.89. The molecule has 3 N–H and O–H groups in total. The van der Waals surface area contributed by atoms with E-state index in [4.69, 9.17) is 5.73 Å². The Morgan fingerprint density at radius 2 is 2.14 bits per heavy atom. The molecule has 21 heavy (non-hydrogen) atoms. The summed E-state index contributed by atoms with van der Waals surface area (Å²) in [4.78, 5) is 17.6. The highest BCUT2D eigenvalue weighted by molar-refractivity contribution is 9.10. The molecule has 2 aromatic rings. The zero-order valence-electron chi connectivity index (χ0n) is 12.2. The molecule has 1 saturated heterocycles. The number of imidazole rings is 1. The van der Waals surface area contributed by atoms with Crippen LogP contribution in [0.25, 0.3) is 11.0 Å². The van der Waals surface area contributed by atoms with Gasteiger partial charge in [-0.2, -0.15) is 0 Å². The zero-order chi connectivity index (χ0) is 15.0. The third-order valence-corrected chi connectivity index (χ3v) is 4.64. The normalized spacial score (nSPS) is 19.2. The second-order valence-electron chi connectivity index (χ2n) is 5.97. The molecule has 1 atom stereocenters. The van der Waals surface area contributed by atoms with Crippen LogP contribution >= 0.6 is 15.9 Å². The van der Waals surface area contributed by atoms with E-state index in [0.717, 1.165) is 48.0 Å². The SMILES string of the molecule is C[C@H](N)CN1CCC(n2c(=O)[nH]c3cc(Br)ccc32)CC1. The van der Waals surface area contributed by atoms with Crippen molar-refractivity contribution in [3.05, 3.63) is 33.2 Å². The zero-order valence-corrected chi connectivity index (χ0v) is 13.8. The minimum atomic E-state index is -0.00579. The molecule has 0 spiro atoms. The summed E-state index contributed by atoms with van der Waals surface area (Å²) in [6.07, 6.45) is 1.99. The van der Waals surface area contributed by atoms with Crippen LogP contribution in [0.3, 0.4) is 0 Å². The van der Waals surface area contributed by atoms with Gasteiger partial charge in [0.1, 0.15) is 0 Å². The van der Waals surface area contributed by atoms with Crippen LogP contribution in [0, 0.1) is 0 Å². The van der Waals surface area contributed by atoms with Gasteiger partial charge >= 0.3 is 5.69 Å². The van der Waals surface area contributed by atoms with Crippen molar-refractivity contribution in [2.45, 2.75) is 31.8 Å². The van der Waals surface area contributed by atoms with Crippen LogP contribution in [-0.2, 0) is 0 Å². The first-order valence-corrected chi connectivity index (χ1v) is 8.21. The Balaban J connectivity index is 1.82. The number of fused-ring (bicyclic) bond motifs is 1. The molecule has 1 aromatic heterocycles. The van der Waals surface area contributed by atoms with Gasteiger partial charge in [0.05, 0.1) is 11.0 Å². The summed E-state index contributed by atoms with van der Waals surface area (Å²) in [6.45, 7) is 4.97. The molecule has 0 unspecified atom stereocenters. The van der Waals surface area contributed by atoms with Crippen LogP contribution in [0.1, 0.15) is 25.8 Å². The lowest BCUT2D eigenvalue weighted by Gasteiger charge is -2.33. The van der Waals surface area contributed by atoms with Crippen LogP contribution < -0.4 is 11.4 Å². The van der Waals surface area contributed by atoms with Gasteiger partial charge in [0, 0.05) is 36.2 Å². The summed E-state index contributed by atoms with van der Waals surface area (Å²) in [6, 6.07) is 6.42. The molecular formula is C15H21BrN4O. The standard InChI is InChI=1S/C15H21BrN4O/c1-10(17)9-19-6-4-12(5-7-19)20-14-3-2-11(16)8-13(14)18-15(20)21/h2-3,8,10,12H,4-7,9,17H2,1H3,(H,18,21)/t10-/m0/s1. The number of hydrogen-bond acceptors (Lipinski definition) is 3. The number of nitrogens with one attached hydrogen (secondary N) is 1. The highest BCUT2D eigenvalue weighted by Gasteiger charge is 2.23. The van der Waals surface area contributed by atoms with E-state index in [1.165, 1.54) is 0 Å². The summed E-state index contributed by atoms with van der Waals surface area (Å²) >= 11 is 3.44. The van der Waals surface area contributed by atoms with E-state index in [9.17, 15) is 4.79 Å². The Morgan fingerprint density at radius 1 is 1.43 bits per heavy atom. The van der Waals surface area contributed by atoms with Crippen molar-refractivity contribution in [3.8, 4) is 0 Å². The molecule has 1 fully saturated rings. The van der Waals surface area contributed by atoms with Crippen molar-refractivity contribution in [2.24, 2.45) is 5.73 Å². The fourth-order valence-corrected chi connectivity index (χ4v) is 3.59. The van der Waals surface area contributed by atoms with Crippen molar-refractivity contribution >= 4 is 27.0 Å².